The molecule has 1 rings (SSSR count). The van der Waals surface area contributed by atoms with Crippen LogP contribution in [0.5, 0.6) is 0 Å². The molecule has 0 aliphatic carbocycles. The van der Waals surface area contributed by atoms with E-state index in [0.717, 1.165) is 11.8 Å². The number of carbonyl (C=O) groups is 4. The van der Waals surface area contributed by atoms with Crippen molar-refractivity contribution in [3.8, 4) is 0 Å². The highest BCUT2D eigenvalue weighted by molar-refractivity contribution is 8.14. The number of rotatable bonds is 8. The lowest BCUT2D eigenvalue weighted by atomic mass is 10.0. The van der Waals surface area contributed by atoms with Crippen molar-refractivity contribution in [1.82, 2.24) is 5.32 Å². The summed E-state index contributed by atoms with van der Waals surface area (Å²) >= 11 is 6.61. The van der Waals surface area contributed by atoms with Crippen molar-refractivity contribution in [1.29, 1.82) is 0 Å². The van der Waals surface area contributed by atoms with E-state index < -0.39 is 29.0 Å². The van der Waals surface area contributed by atoms with Crippen molar-refractivity contribution < 1.29 is 24.3 Å². The number of hydrogen-bond donors (Lipinski definition) is 2. The number of hydrogen-bond acceptors (Lipinski definition) is 5. The lowest BCUT2D eigenvalue weighted by Gasteiger charge is -2.20. The summed E-state index contributed by atoms with van der Waals surface area (Å²) in [4.78, 5) is 47.4. The third kappa shape index (κ3) is 6.88. The van der Waals surface area contributed by atoms with Crippen LogP contribution in [0.25, 0.3) is 0 Å². The smallest absolute Gasteiger partial charge is 0.326 e. The van der Waals surface area contributed by atoms with Gasteiger partial charge < -0.3 is 10.4 Å². The van der Waals surface area contributed by atoms with E-state index >= 15 is 0 Å². The van der Waals surface area contributed by atoms with Gasteiger partial charge >= 0.3 is 5.97 Å². The Morgan fingerprint density at radius 3 is 2.36 bits per heavy atom. The summed E-state index contributed by atoms with van der Waals surface area (Å²) in [6, 6.07) is 5.16. The molecule has 0 bridgehead atoms. The van der Waals surface area contributed by atoms with Gasteiger partial charge in [0.2, 0.25) is 5.91 Å². The predicted octanol–water partition coefficient (Wildman–Crippen LogP) is 2.79. The molecule has 6 nitrogen and oxygen atoms in total. The maximum absolute atomic E-state index is 12.6. The molecule has 0 aromatic heterocycles. The maximum Gasteiger partial charge on any atom is 0.326 e. The molecule has 1 aromatic carbocycles. The summed E-state index contributed by atoms with van der Waals surface area (Å²) in [5.41, 5.74) is 0.290. The van der Waals surface area contributed by atoms with E-state index in [1.807, 2.05) is 0 Å². The number of Topliss-reactive ketones (excluding diaryl/α,β-unsaturated/α-hetero) is 1. The van der Waals surface area contributed by atoms with Gasteiger partial charge in [-0.3, -0.25) is 14.4 Å². The molecule has 0 saturated carbocycles. The molecule has 0 heterocycles. The molecule has 1 amide bonds. The van der Waals surface area contributed by atoms with Crippen LogP contribution in [0.1, 0.15) is 37.6 Å². The highest BCUT2D eigenvalue weighted by atomic mass is 35.5. The number of aliphatic carboxylic acids is 1. The van der Waals surface area contributed by atoms with Crippen molar-refractivity contribution in [3.63, 3.8) is 0 Å². The highest BCUT2D eigenvalue weighted by Crippen LogP contribution is 2.22. The van der Waals surface area contributed by atoms with Crippen molar-refractivity contribution in [2.75, 3.05) is 0 Å². The Hall–Kier alpha value is -1.86. The van der Waals surface area contributed by atoms with Gasteiger partial charge in [0.25, 0.3) is 0 Å². The second kappa shape index (κ2) is 9.58. The number of carboxylic acids is 1. The molecule has 1 aromatic rings. The third-order valence-electron chi connectivity index (χ3n) is 3.33. The van der Waals surface area contributed by atoms with Crippen molar-refractivity contribution >= 4 is 46.1 Å². The molecule has 136 valence electrons. The minimum atomic E-state index is -1.15. The molecule has 0 fully saturated rings. The largest absolute Gasteiger partial charge is 0.480 e. The van der Waals surface area contributed by atoms with Crippen LogP contribution in [0.2, 0.25) is 5.02 Å². The van der Waals surface area contributed by atoms with Gasteiger partial charge in [-0.05, 0) is 18.1 Å². The molecular weight excluding hydrogens is 366 g/mol. The topological polar surface area (TPSA) is 101 Å². The molecule has 2 N–H and O–H groups in total. The zero-order chi connectivity index (χ0) is 19.1. The first kappa shape index (κ1) is 21.2. The standard InChI is InChI=1S/C17H20ClNO5S/c1-9(2)15(17(23)24)19-14(21)8-13(25-10(3)20)16(22)11-5-4-6-12(18)7-11/h4-7,9,13,15H,8H2,1-3H3,(H,19,21)(H,23,24)/t13?,15-/m0/s1. The van der Waals surface area contributed by atoms with Gasteiger partial charge in [-0.15, -0.1) is 0 Å². The Bertz CT molecular complexity index is 677. The van der Waals surface area contributed by atoms with Crippen molar-refractivity contribution in [2.45, 2.75) is 38.5 Å². The summed E-state index contributed by atoms with van der Waals surface area (Å²) in [6.07, 6.45) is -0.300. The van der Waals surface area contributed by atoms with E-state index in [9.17, 15) is 19.2 Å². The fourth-order valence-electron chi connectivity index (χ4n) is 2.13. The number of carbonyl (C=O) groups excluding carboxylic acids is 3. The Labute approximate surface area is 155 Å². The fourth-order valence-corrected chi connectivity index (χ4v) is 3.20. The zero-order valence-electron chi connectivity index (χ0n) is 14.1. The SMILES string of the molecule is CC(=O)SC(CC(=O)N[C@H](C(=O)O)C(C)C)C(=O)c1cccc(Cl)c1. The number of amides is 1. The summed E-state index contributed by atoms with van der Waals surface area (Å²) in [7, 11) is 0. The van der Waals surface area contributed by atoms with E-state index in [1.165, 1.54) is 13.0 Å². The van der Waals surface area contributed by atoms with Crippen LogP contribution in [0.4, 0.5) is 0 Å². The van der Waals surface area contributed by atoms with Crippen LogP contribution in [-0.2, 0) is 14.4 Å². The molecule has 8 heteroatoms. The van der Waals surface area contributed by atoms with Crippen LogP contribution < -0.4 is 5.32 Å². The van der Waals surface area contributed by atoms with Gasteiger partial charge in [-0.1, -0.05) is 49.3 Å². The van der Waals surface area contributed by atoms with Gasteiger partial charge in [0.1, 0.15) is 6.04 Å². The van der Waals surface area contributed by atoms with Crippen molar-refractivity contribution in [2.24, 2.45) is 5.92 Å². The summed E-state index contributed by atoms with van der Waals surface area (Å²) in [5.74, 6) is -2.48. The second-order valence-corrected chi connectivity index (χ2v) is 7.62. The molecule has 0 radical (unpaired) electrons. The van der Waals surface area contributed by atoms with Gasteiger partial charge in [-0.2, -0.15) is 0 Å². The van der Waals surface area contributed by atoms with Gasteiger partial charge in [-0.25, -0.2) is 4.79 Å². The van der Waals surface area contributed by atoms with Crippen LogP contribution in [0.3, 0.4) is 0 Å². The first-order valence-corrected chi connectivity index (χ1v) is 8.86. The number of ketones is 1. The van der Waals surface area contributed by atoms with Crippen LogP contribution in [0.15, 0.2) is 24.3 Å². The number of nitrogens with one attached hydrogen (secondary N) is 1. The fraction of sp³-hybridized carbons (Fsp3) is 0.412. The van der Waals surface area contributed by atoms with E-state index in [2.05, 4.69) is 5.32 Å². The molecule has 0 saturated heterocycles. The summed E-state index contributed by atoms with van der Waals surface area (Å²) in [6.45, 7) is 4.63. The molecule has 0 aliphatic heterocycles. The average molecular weight is 386 g/mol. The minimum absolute atomic E-state index is 0.290. The molecule has 25 heavy (non-hydrogen) atoms. The molecule has 0 spiro atoms. The molecule has 0 aliphatic rings. The molecule has 1 unspecified atom stereocenters. The minimum Gasteiger partial charge on any atom is -0.480 e. The van der Waals surface area contributed by atoms with Gasteiger partial charge in [0.15, 0.2) is 10.9 Å². The average Bonchev–Trinajstić information content (AvgIpc) is 2.50. The normalized spacial score (nSPS) is 13.2. The van der Waals surface area contributed by atoms with Gasteiger partial charge in [0, 0.05) is 23.9 Å². The number of benzene rings is 1. The first-order chi connectivity index (χ1) is 11.6. The summed E-state index contributed by atoms with van der Waals surface area (Å²) in [5, 5.41) is 10.6. The third-order valence-corrected chi connectivity index (χ3v) is 4.56. The number of thioether (sulfide) groups is 1. The predicted molar refractivity (Wildman–Crippen MR) is 96.9 cm³/mol. The van der Waals surface area contributed by atoms with Crippen LogP contribution >= 0.6 is 23.4 Å². The lowest BCUT2D eigenvalue weighted by molar-refractivity contribution is -0.143. The van der Waals surface area contributed by atoms with Crippen molar-refractivity contribution in [3.05, 3.63) is 34.9 Å². The van der Waals surface area contributed by atoms with E-state index in [0.29, 0.717) is 5.02 Å². The van der Waals surface area contributed by atoms with E-state index in [4.69, 9.17) is 16.7 Å². The maximum atomic E-state index is 12.6. The Morgan fingerprint density at radius 1 is 1.24 bits per heavy atom. The number of carboxylic acid groups (broad SMARTS) is 1. The quantitative estimate of drug-likeness (QED) is 0.667. The monoisotopic (exact) mass is 385 g/mol. The number of halogens is 1. The van der Waals surface area contributed by atoms with E-state index in [1.54, 1.807) is 32.0 Å². The van der Waals surface area contributed by atoms with Crippen LogP contribution in [0, 0.1) is 5.92 Å². The second-order valence-electron chi connectivity index (χ2n) is 5.80. The van der Waals surface area contributed by atoms with Gasteiger partial charge in [0.05, 0.1) is 5.25 Å². The first-order valence-electron chi connectivity index (χ1n) is 7.61. The molecular formula is C17H20ClNO5S. The Kier molecular flexibility index (Phi) is 8.12. The van der Waals surface area contributed by atoms with Crippen LogP contribution in [-0.4, -0.2) is 39.2 Å². The highest BCUT2D eigenvalue weighted by Gasteiger charge is 2.29. The lowest BCUT2D eigenvalue weighted by Crippen LogP contribution is -2.45. The zero-order valence-corrected chi connectivity index (χ0v) is 15.7. The Balaban J connectivity index is 2.92. The Morgan fingerprint density at radius 2 is 1.88 bits per heavy atom. The van der Waals surface area contributed by atoms with E-state index in [-0.39, 0.29) is 23.0 Å². The molecule has 2 atom stereocenters. The summed E-state index contributed by atoms with van der Waals surface area (Å²) < 4.78 is 0.